The van der Waals surface area contributed by atoms with Crippen LogP contribution in [0, 0.1) is 0 Å². The number of hydrogen-bond acceptors (Lipinski definition) is 5. The Morgan fingerprint density at radius 2 is 1.57 bits per heavy atom. The standard InChI is InChI=1S/C21H22N4O4S/c26-20(14-19-17-8-4-5-9-18(17)21(27)23-22-19)24-10-12-25(13-11-24)30(28,29)15-16-6-2-1-3-7-16/h1-9H,10-15H2,(H,23,27). The lowest BCUT2D eigenvalue weighted by atomic mass is 10.1. The molecule has 30 heavy (non-hydrogen) atoms. The van der Waals surface area contributed by atoms with Crippen LogP contribution in [-0.4, -0.2) is 59.9 Å². The van der Waals surface area contributed by atoms with Crippen LogP contribution >= 0.6 is 0 Å². The average molecular weight is 426 g/mol. The van der Waals surface area contributed by atoms with Crippen LogP contribution in [0.5, 0.6) is 0 Å². The van der Waals surface area contributed by atoms with Gasteiger partial charge in [-0.1, -0.05) is 48.5 Å². The van der Waals surface area contributed by atoms with Gasteiger partial charge in [-0.05, 0) is 11.6 Å². The zero-order valence-electron chi connectivity index (χ0n) is 16.3. The molecule has 0 atom stereocenters. The van der Waals surface area contributed by atoms with Crippen molar-refractivity contribution in [3.05, 3.63) is 76.2 Å². The van der Waals surface area contributed by atoms with E-state index in [9.17, 15) is 18.0 Å². The van der Waals surface area contributed by atoms with E-state index in [1.807, 2.05) is 18.2 Å². The van der Waals surface area contributed by atoms with E-state index in [0.29, 0.717) is 29.6 Å². The Labute approximate surface area is 174 Å². The molecule has 8 nitrogen and oxygen atoms in total. The highest BCUT2D eigenvalue weighted by molar-refractivity contribution is 7.88. The second-order valence-electron chi connectivity index (χ2n) is 7.24. The lowest BCUT2D eigenvalue weighted by molar-refractivity contribution is -0.131. The number of hydrogen-bond donors (Lipinski definition) is 1. The van der Waals surface area contributed by atoms with E-state index in [1.54, 1.807) is 41.3 Å². The monoisotopic (exact) mass is 426 g/mol. The molecule has 0 aliphatic carbocycles. The molecule has 0 saturated carbocycles. The number of amides is 1. The van der Waals surface area contributed by atoms with Crippen molar-refractivity contribution in [2.45, 2.75) is 12.2 Å². The molecular weight excluding hydrogens is 404 g/mol. The van der Waals surface area contributed by atoms with Gasteiger partial charge in [0.25, 0.3) is 5.56 Å². The van der Waals surface area contributed by atoms with Crippen molar-refractivity contribution in [1.29, 1.82) is 0 Å². The summed E-state index contributed by atoms with van der Waals surface area (Å²) >= 11 is 0. The quantitative estimate of drug-likeness (QED) is 0.659. The molecule has 2 heterocycles. The number of carbonyl (C=O) groups excluding carboxylic acids is 1. The zero-order chi connectivity index (χ0) is 21.1. The van der Waals surface area contributed by atoms with Gasteiger partial charge in [-0.25, -0.2) is 13.5 Å². The van der Waals surface area contributed by atoms with E-state index < -0.39 is 10.0 Å². The van der Waals surface area contributed by atoms with Gasteiger partial charge in [-0.2, -0.15) is 9.40 Å². The van der Waals surface area contributed by atoms with Crippen LogP contribution < -0.4 is 5.56 Å². The highest BCUT2D eigenvalue weighted by Gasteiger charge is 2.29. The van der Waals surface area contributed by atoms with Gasteiger partial charge >= 0.3 is 0 Å². The number of nitrogens with one attached hydrogen (secondary N) is 1. The van der Waals surface area contributed by atoms with Crippen molar-refractivity contribution in [2.75, 3.05) is 26.2 Å². The highest BCUT2D eigenvalue weighted by atomic mass is 32.2. The molecule has 0 bridgehead atoms. The summed E-state index contributed by atoms with van der Waals surface area (Å²) < 4.78 is 26.8. The van der Waals surface area contributed by atoms with Crippen LogP contribution in [0.3, 0.4) is 0 Å². The Morgan fingerprint density at radius 3 is 2.27 bits per heavy atom. The molecule has 1 N–H and O–H groups in total. The predicted molar refractivity (Wildman–Crippen MR) is 113 cm³/mol. The first-order valence-corrected chi connectivity index (χ1v) is 11.3. The molecule has 3 aromatic rings. The fraction of sp³-hybridized carbons (Fsp3) is 0.286. The smallest absolute Gasteiger partial charge is 0.272 e. The second-order valence-corrected chi connectivity index (χ2v) is 9.21. The van der Waals surface area contributed by atoms with Crippen LogP contribution in [0.2, 0.25) is 0 Å². The molecule has 0 radical (unpaired) electrons. The molecular formula is C21H22N4O4S. The second kappa shape index (κ2) is 8.37. The Kier molecular flexibility index (Phi) is 5.65. The third-order valence-corrected chi connectivity index (χ3v) is 7.12. The number of fused-ring (bicyclic) bond motifs is 1. The fourth-order valence-electron chi connectivity index (χ4n) is 3.65. The molecule has 0 unspecified atom stereocenters. The predicted octanol–water partition coefficient (Wildman–Crippen LogP) is 1.14. The third-order valence-electron chi connectivity index (χ3n) is 5.27. The number of rotatable bonds is 5. The molecule has 1 fully saturated rings. The maximum absolute atomic E-state index is 12.8. The maximum atomic E-state index is 12.8. The number of aromatic amines is 1. The number of aromatic nitrogens is 2. The van der Waals surface area contributed by atoms with Gasteiger partial charge < -0.3 is 4.90 Å². The minimum Gasteiger partial charge on any atom is -0.340 e. The SMILES string of the molecule is O=C(Cc1n[nH]c(=O)c2ccccc12)N1CCN(S(=O)(=O)Cc2ccccc2)CC1. The number of H-pyrrole nitrogens is 1. The lowest BCUT2D eigenvalue weighted by Crippen LogP contribution is -2.51. The summed E-state index contributed by atoms with van der Waals surface area (Å²) in [5, 5.41) is 7.63. The summed E-state index contributed by atoms with van der Waals surface area (Å²) in [6, 6.07) is 16.1. The van der Waals surface area contributed by atoms with Gasteiger partial charge in [-0.15, -0.1) is 0 Å². The molecule has 9 heteroatoms. The number of nitrogens with zero attached hydrogens (tertiary/aromatic N) is 3. The van der Waals surface area contributed by atoms with Crippen LogP contribution in [0.4, 0.5) is 0 Å². The molecule has 1 saturated heterocycles. The van der Waals surface area contributed by atoms with E-state index >= 15 is 0 Å². The van der Waals surface area contributed by atoms with E-state index in [1.165, 1.54) is 4.31 Å². The van der Waals surface area contributed by atoms with Crippen molar-refractivity contribution in [3.8, 4) is 0 Å². The largest absolute Gasteiger partial charge is 0.340 e. The topological polar surface area (TPSA) is 103 Å². The summed E-state index contributed by atoms with van der Waals surface area (Å²) in [6.07, 6.45) is 0.0497. The fourth-order valence-corrected chi connectivity index (χ4v) is 5.17. The Hall–Kier alpha value is -3.04. The zero-order valence-corrected chi connectivity index (χ0v) is 17.1. The number of sulfonamides is 1. The van der Waals surface area contributed by atoms with E-state index in [0.717, 1.165) is 5.56 Å². The van der Waals surface area contributed by atoms with Crippen molar-refractivity contribution in [2.24, 2.45) is 0 Å². The molecule has 4 rings (SSSR count). The van der Waals surface area contributed by atoms with Crippen molar-refractivity contribution < 1.29 is 13.2 Å². The Morgan fingerprint density at radius 1 is 0.933 bits per heavy atom. The molecule has 1 amide bonds. The lowest BCUT2D eigenvalue weighted by Gasteiger charge is -2.34. The maximum Gasteiger partial charge on any atom is 0.272 e. The first-order valence-electron chi connectivity index (χ1n) is 9.70. The first-order chi connectivity index (χ1) is 14.4. The number of piperazine rings is 1. The van der Waals surface area contributed by atoms with Crippen LogP contribution in [0.15, 0.2) is 59.4 Å². The van der Waals surface area contributed by atoms with Crippen molar-refractivity contribution >= 4 is 26.7 Å². The highest BCUT2D eigenvalue weighted by Crippen LogP contribution is 2.16. The minimum atomic E-state index is -3.43. The summed E-state index contributed by atoms with van der Waals surface area (Å²) in [6.45, 7) is 1.18. The molecule has 0 spiro atoms. The molecule has 2 aromatic carbocycles. The van der Waals surface area contributed by atoms with Crippen LogP contribution in [0.25, 0.3) is 10.8 Å². The first kappa shape index (κ1) is 20.2. The Bertz CT molecular complexity index is 1220. The summed E-state index contributed by atoms with van der Waals surface area (Å²) in [7, 11) is -3.43. The average Bonchev–Trinajstić information content (AvgIpc) is 2.76. The van der Waals surface area contributed by atoms with Crippen molar-refractivity contribution in [1.82, 2.24) is 19.4 Å². The van der Waals surface area contributed by atoms with Gasteiger partial charge in [0.15, 0.2) is 0 Å². The molecule has 156 valence electrons. The summed E-state index contributed by atoms with van der Waals surface area (Å²) in [5.41, 5.74) is 0.959. The van der Waals surface area contributed by atoms with Gasteiger partial charge in [-0.3, -0.25) is 9.59 Å². The molecule has 1 aliphatic heterocycles. The van der Waals surface area contributed by atoms with E-state index in [2.05, 4.69) is 10.2 Å². The Balaban J connectivity index is 1.40. The molecule has 1 aromatic heterocycles. The van der Waals surface area contributed by atoms with Crippen LogP contribution in [-0.2, 0) is 27.0 Å². The summed E-state index contributed by atoms with van der Waals surface area (Å²) in [5.74, 6) is -0.186. The van der Waals surface area contributed by atoms with Gasteiger partial charge in [0.05, 0.1) is 23.3 Å². The summed E-state index contributed by atoms with van der Waals surface area (Å²) in [4.78, 5) is 26.3. The van der Waals surface area contributed by atoms with Crippen LogP contribution in [0.1, 0.15) is 11.3 Å². The normalized spacial score (nSPS) is 15.4. The third kappa shape index (κ3) is 4.27. The van der Waals surface area contributed by atoms with E-state index in [-0.39, 0.29) is 36.7 Å². The number of benzene rings is 2. The minimum absolute atomic E-state index is 0.0466. The van der Waals surface area contributed by atoms with Gasteiger partial charge in [0, 0.05) is 31.6 Å². The van der Waals surface area contributed by atoms with E-state index in [4.69, 9.17) is 0 Å². The number of carbonyl (C=O) groups is 1. The van der Waals surface area contributed by atoms with Gasteiger partial charge in [0.1, 0.15) is 0 Å². The van der Waals surface area contributed by atoms with Gasteiger partial charge in [0.2, 0.25) is 15.9 Å². The van der Waals surface area contributed by atoms with Crippen molar-refractivity contribution in [3.63, 3.8) is 0 Å². The molecule has 1 aliphatic rings.